The van der Waals surface area contributed by atoms with Crippen molar-refractivity contribution in [2.45, 2.75) is 56.6 Å². The van der Waals surface area contributed by atoms with E-state index >= 15 is 0 Å². The Balaban J connectivity index is 5.03. The SMILES string of the molecule is C[Si](C)(C)OP(=O)(O[Si](C)(C)C)[O][Ge]([CH3])([CH3])[CH3]. The number of rotatable bonds is 6. The monoisotopic (exact) mass is 360 g/mol. The van der Waals surface area contributed by atoms with Crippen molar-refractivity contribution in [2.75, 3.05) is 0 Å². The fourth-order valence-corrected chi connectivity index (χ4v) is 13.5. The minimum atomic E-state index is -3.38. The molecule has 0 bridgehead atoms. The fourth-order valence-electron chi connectivity index (χ4n) is 1.06. The van der Waals surface area contributed by atoms with E-state index in [-0.39, 0.29) is 0 Å². The van der Waals surface area contributed by atoms with Crippen LogP contribution < -0.4 is 0 Å². The van der Waals surface area contributed by atoms with Crippen LogP contribution in [0.15, 0.2) is 0 Å². The Morgan fingerprint density at radius 3 is 1.29 bits per heavy atom. The van der Waals surface area contributed by atoms with Crippen molar-refractivity contribution in [1.29, 1.82) is 0 Å². The first kappa shape index (κ1) is 18.1. The van der Waals surface area contributed by atoms with Gasteiger partial charge in [0.1, 0.15) is 0 Å². The van der Waals surface area contributed by atoms with Gasteiger partial charge >= 0.3 is 111 Å². The maximum atomic E-state index is 12.7. The van der Waals surface area contributed by atoms with Crippen molar-refractivity contribution in [3.05, 3.63) is 0 Å². The molecule has 0 N–H and O–H groups in total. The third kappa shape index (κ3) is 10.7. The van der Waals surface area contributed by atoms with Crippen molar-refractivity contribution in [1.82, 2.24) is 0 Å². The van der Waals surface area contributed by atoms with Gasteiger partial charge in [0.2, 0.25) is 0 Å². The molecule has 0 unspecified atom stereocenters. The van der Waals surface area contributed by atoms with E-state index in [0.29, 0.717) is 0 Å². The molecule has 0 spiro atoms. The van der Waals surface area contributed by atoms with Crippen molar-refractivity contribution >= 4 is 38.1 Å². The van der Waals surface area contributed by atoms with Gasteiger partial charge in [-0.3, -0.25) is 0 Å². The van der Waals surface area contributed by atoms with Crippen LogP contribution >= 0.6 is 7.82 Å². The minimum absolute atomic E-state index is 1.95. The Hall–Kier alpha value is 1.09. The summed E-state index contributed by atoms with van der Waals surface area (Å²) < 4.78 is 29.9. The molecule has 0 fully saturated rings. The average Bonchev–Trinajstić information content (AvgIpc) is 1.65. The molecule has 0 aromatic carbocycles. The van der Waals surface area contributed by atoms with Crippen LogP contribution in [0.25, 0.3) is 0 Å². The van der Waals surface area contributed by atoms with E-state index in [1.165, 1.54) is 0 Å². The normalized spacial score (nSPS) is 15.1. The summed E-state index contributed by atoms with van der Waals surface area (Å²) in [6.45, 7) is 12.0. The van der Waals surface area contributed by atoms with Gasteiger partial charge in [-0.15, -0.1) is 0 Å². The van der Waals surface area contributed by atoms with Gasteiger partial charge in [0.25, 0.3) is 0 Å². The van der Waals surface area contributed by atoms with E-state index in [0.717, 1.165) is 0 Å². The summed E-state index contributed by atoms with van der Waals surface area (Å²) >= 11 is -2.46. The second kappa shape index (κ2) is 5.61. The van der Waals surface area contributed by atoms with E-state index in [1.54, 1.807) is 0 Å². The standard InChI is InChI=1S/C9H27GeO4PSi2/c1-10(2,3)12-15(11,13-16(4,5)6)14-17(7,8)9/h1-9H3. The van der Waals surface area contributed by atoms with Crippen LogP contribution in [-0.2, 0) is 16.5 Å². The summed E-state index contributed by atoms with van der Waals surface area (Å²) in [6.07, 6.45) is 0. The molecule has 0 rings (SSSR count). The zero-order chi connectivity index (χ0) is 14.1. The van der Waals surface area contributed by atoms with Crippen LogP contribution in [0.5, 0.6) is 0 Å². The number of hydrogen-bond acceptors (Lipinski definition) is 4. The topological polar surface area (TPSA) is 44.8 Å². The number of phosphoric acid groups is 1. The van der Waals surface area contributed by atoms with Gasteiger partial charge in [-0.25, -0.2) is 0 Å². The van der Waals surface area contributed by atoms with Gasteiger partial charge < -0.3 is 0 Å². The van der Waals surface area contributed by atoms with E-state index in [1.807, 2.05) is 56.6 Å². The van der Waals surface area contributed by atoms with Gasteiger partial charge in [-0.05, 0) is 0 Å². The third-order valence-electron chi connectivity index (χ3n) is 1.16. The molecule has 0 atom stereocenters. The van der Waals surface area contributed by atoms with Gasteiger partial charge in [0.15, 0.2) is 0 Å². The molecular weight excluding hydrogens is 332 g/mol. The van der Waals surface area contributed by atoms with E-state index in [2.05, 4.69) is 0 Å². The molecule has 0 heterocycles. The van der Waals surface area contributed by atoms with E-state index in [9.17, 15) is 4.57 Å². The summed E-state index contributed by atoms with van der Waals surface area (Å²) in [7, 11) is -7.28. The summed E-state index contributed by atoms with van der Waals surface area (Å²) in [4.78, 5) is 0. The van der Waals surface area contributed by atoms with Gasteiger partial charge in [0.05, 0.1) is 0 Å². The molecular formula is C9H27GeO4PSi2. The molecule has 0 saturated heterocycles. The van der Waals surface area contributed by atoms with Crippen LogP contribution in [0.1, 0.15) is 0 Å². The average molecular weight is 359 g/mol. The predicted molar refractivity (Wildman–Crippen MR) is 80.9 cm³/mol. The van der Waals surface area contributed by atoms with Crippen molar-refractivity contribution in [3.8, 4) is 0 Å². The second-order valence-electron chi connectivity index (χ2n) is 7.06. The van der Waals surface area contributed by atoms with Gasteiger partial charge in [-0.1, -0.05) is 0 Å². The zero-order valence-electron chi connectivity index (χ0n) is 12.6. The summed E-state index contributed by atoms with van der Waals surface area (Å²) in [5, 5.41) is 0. The van der Waals surface area contributed by atoms with Crippen LogP contribution in [0.4, 0.5) is 0 Å². The fraction of sp³-hybridized carbons (Fsp3) is 1.00. The maximum absolute atomic E-state index is 12.7. The Labute approximate surface area is 111 Å². The van der Waals surface area contributed by atoms with Crippen LogP contribution in [0.2, 0.25) is 56.6 Å². The second-order valence-corrected chi connectivity index (χ2v) is 28.1. The first-order valence-electron chi connectivity index (χ1n) is 5.84. The first-order valence-corrected chi connectivity index (χ1v) is 21.3. The van der Waals surface area contributed by atoms with Crippen LogP contribution in [0.3, 0.4) is 0 Å². The molecule has 0 aromatic rings. The van der Waals surface area contributed by atoms with E-state index in [4.69, 9.17) is 12.0 Å². The third-order valence-corrected chi connectivity index (χ3v) is 13.0. The molecule has 0 aliphatic rings. The van der Waals surface area contributed by atoms with Crippen molar-refractivity contribution < 1.29 is 16.5 Å². The molecule has 104 valence electrons. The van der Waals surface area contributed by atoms with Crippen molar-refractivity contribution in [2.24, 2.45) is 0 Å². The molecule has 17 heavy (non-hydrogen) atoms. The Morgan fingerprint density at radius 1 is 0.824 bits per heavy atom. The van der Waals surface area contributed by atoms with Crippen LogP contribution in [-0.4, -0.2) is 30.2 Å². The van der Waals surface area contributed by atoms with Crippen molar-refractivity contribution in [3.63, 3.8) is 0 Å². The molecule has 0 amide bonds. The molecule has 8 heteroatoms. The number of hydrogen-bond donors (Lipinski definition) is 0. The first-order chi connectivity index (χ1) is 7.12. The molecule has 0 saturated carbocycles. The Morgan fingerprint density at radius 2 is 1.12 bits per heavy atom. The van der Waals surface area contributed by atoms with E-state index < -0.39 is 38.1 Å². The molecule has 0 aliphatic heterocycles. The molecule has 0 aromatic heterocycles. The molecule has 0 aliphatic carbocycles. The zero-order valence-corrected chi connectivity index (χ0v) is 17.6. The summed E-state index contributed by atoms with van der Waals surface area (Å²) in [5.74, 6) is 6.11. The predicted octanol–water partition coefficient (Wildman–Crippen LogP) is 4.65. The van der Waals surface area contributed by atoms with Crippen LogP contribution in [0, 0.1) is 0 Å². The molecule has 0 radical (unpaired) electrons. The summed E-state index contributed by atoms with van der Waals surface area (Å²) in [5.41, 5.74) is 0. The van der Waals surface area contributed by atoms with Gasteiger partial charge in [0, 0.05) is 0 Å². The quantitative estimate of drug-likeness (QED) is 0.512. The molecule has 4 nitrogen and oxygen atoms in total. The Kier molecular flexibility index (Phi) is 5.96. The summed E-state index contributed by atoms with van der Waals surface area (Å²) in [6, 6.07) is 0. The Bertz CT molecular complexity index is 256. The van der Waals surface area contributed by atoms with Gasteiger partial charge in [-0.2, -0.15) is 0 Å².